The molecule has 0 radical (unpaired) electrons. The van der Waals surface area contributed by atoms with Crippen molar-refractivity contribution >= 4 is 40.3 Å². The van der Waals surface area contributed by atoms with Crippen molar-refractivity contribution < 1.29 is 14.4 Å². The van der Waals surface area contributed by atoms with Gasteiger partial charge in [-0.15, -0.1) is 0 Å². The molecule has 0 N–H and O–H groups in total. The van der Waals surface area contributed by atoms with E-state index in [9.17, 15) is 14.4 Å². The highest BCUT2D eigenvalue weighted by Gasteiger charge is 2.39. The number of imide groups is 3. The summed E-state index contributed by atoms with van der Waals surface area (Å²) in [6.45, 7) is 0. The second kappa shape index (κ2) is 4.82. The highest BCUT2D eigenvalue weighted by Crippen LogP contribution is 2.24. The molecule has 3 rings (SSSR count). The van der Waals surface area contributed by atoms with Crippen molar-refractivity contribution in [2.24, 2.45) is 0 Å². The minimum atomic E-state index is -0.590. The Morgan fingerprint density at radius 3 is 1.85 bits per heavy atom. The molecule has 20 heavy (non-hydrogen) atoms. The molecule has 1 heterocycles. The molecular formula is C15H8INO3. The summed E-state index contributed by atoms with van der Waals surface area (Å²) in [6.07, 6.45) is 0. The Labute approximate surface area is 128 Å². The Kier molecular flexibility index (Phi) is 3.13. The summed E-state index contributed by atoms with van der Waals surface area (Å²) < 4.78 is 0.974. The molecule has 5 heteroatoms. The zero-order chi connectivity index (χ0) is 14.3. The first-order chi connectivity index (χ1) is 9.59. The molecule has 2 aromatic carbocycles. The van der Waals surface area contributed by atoms with Crippen molar-refractivity contribution in [1.82, 2.24) is 4.90 Å². The minimum Gasteiger partial charge on any atom is -0.268 e. The van der Waals surface area contributed by atoms with E-state index in [-0.39, 0.29) is 11.1 Å². The summed E-state index contributed by atoms with van der Waals surface area (Å²) in [6, 6.07) is 13.2. The van der Waals surface area contributed by atoms with Crippen molar-refractivity contribution in [2.45, 2.75) is 0 Å². The summed E-state index contributed by atoms with van der Waals surface area (Å²) in [7, 11) is 0. The van der Waals surface area contributed by atoms with Crippen LogP contribution in [0.15, 0.2) is 48.5 Å². The topological polar surface area (TPSA) is 54.5 Å². The molecule has 1 aliphatic heterocycles. The van der Waals surface area contributed by atoms with Gasteiger partial charge in [-0.3, -0.25) is 14.4 Å². The Morgan fingerprint density at radius 1 is 0.850 bits per heavy atom. The Hall–Kier alpha value is -2.02. The number of nitrogens with zero attached hydrogens (tertiary/aromatic N) is 1. The SMILES string of the molecule is O=C(c1ccc(I)cc1)N1C(=O)c2ccccc2C1=O. The summed E-state index contributed by atoms with van der Waals surface area (Å²) in [5.74, 6) is -1.71. The molecule has 0 unspecified atom stereocenters. The monoisotopic (exact) mass is 377 g/mol. The second-order valence-corrected chi connectivity index (χ2v) is 5.55. The third-order valence-electron chi connectivity index (χ3n) is 3.09. The average molecular weight is 377 g/mol. The van der Waals surface area contributed by atoms with Crippen LogP contribution in [0.4, 0.5) is 0 Å². The summed E-state index contributed by atoms with van der Waals surface area (Å²) in [5.41, 5.74) is 0.868. The lowest BCUT2D eigenvalue weighted by molar-refractivity contribution is 0.0566. The maximum Gasteiger partial charge on any atom is 0.268 e. The van der Waals surface area contributed by atoms with Crippen molar-refractivity contribution in [3.63, 3.8) is 0 Å². The van der Waals surface area contributed by atoms with Gasteiger partial charge in [-0.2, -0.15) is 0 Å². The van der Waals surface area contributed by atoms with Crippen LogP contribution in [0.3, 0.4) is 0 Å². The van der Waals surface area contributed by atoms with Crippen molar-refractivity contribution in [3.05, 3.63) is 68.8 Å². The van der Waals surface area contributed by atoms with E-state index in [1.165, 1.54) is 0 Å². The van der Waals surface area contributed by atoms with Crippen LogP contribution >= 0.6 is 22.6 Å². The maximum absolute atomic E-state index is 12.3. The van der Waals surface area contributed by atoms with Gasteiger partial charge in [0.15, 0.2) is 0 Å². The highest BCUT2D eigenvalue weighted by atomic mass is 127. The van der Waals surface area contributed by atoms with E-state index in [4.69, 9.17) is 0 Å². The number of benzene rings is 2. The van der Waals surface area contributed by atoms with Crippen molar-refractivity contribution in [1.29, 1.82) is 0 Å². The first-order valence-electron chi connectivity index (χ1n) is 5.87. The van der Waals surface area contributed by atoms with Crippen LogP contribution in [0.5, 0.6) is 0 Å². The van der Waals surface area contributed by atoms with E-state index in [2.05, 4.69) is 22.6 Å². The number of rotatable bonds is 1. The lowest BCUT2D eigenvalue weighted by atomic mass is 10.1. The third-order valence-corrected chi connectivity index (χ3v) is 3.81. The fourth-order valence-electron chi connectivity index (χ4n) is 2.10. The Bertz CT molecular complexity index is 702. The fraction of sp³-hybridized carbons (Fsp3) is 0. The van der Waals surface area contributed by atoms with E-state index in [0.29, 0.717) is 10.5 Å². The molecular weight excluding hydrogens is 369 g/mol. The van der Waals surface area contributed by atoms with E-state index in [1.54, 1.807) is 48.5 Å². The molecule has 0 aromatic heterocycles. The van der Waals surface area contributed by atoms with Gasteiger partial charge in [0.1, 0.15) is 0 Å². The molecule has 0 saturated heterocycles. The summed E-state index contributed by atoms with van der Waals surface area (Å²) in [5, 5.41) is 0. The molecule has 0 aliphatic carbocycles. The highest BCUT2D eigenvalue weighted by molar-refractivity contribution is 14.1. The molecule has 0 bridgehead atoms. The number of hydrogen-bond donors (Lipinski definition) is 0. The van der Waals surface area contributed by atoms with Crippen LogP contribution in [0, 0.1) is 3.57 Å². The van der Waals surface area contributed by atoms with Gasteiger partial charge in [0, 0.05) is 9.13 Å². The van der Waals surface area contributed by atoms with Gasteiger partial charge in [0.2, 0.25) is 0 Å². The number of fused-ring (bicyclic) bond motifs is 1. The van der Waals surface area contributed by atoms with Gasteiger partial charge in [0.05, 0.1) is 11.1 Å². The molecule has 1 aliphatic rings. The number of carbonyl (C=O) groups excluding carboxylic acids is 3. The van der Waals surface area contributed by atoms with Crippen molar-refractivity contribution in [2.75, 3.05) is 0 Å². The van der Waals surface area contributed by atoms with Crippen LogP contribution in [0.25, 0.3) is 0 Å². The summed E-state index contributed by atoms with van der Waals surface area (Å²) in [4.78, 5) is 37.4. The van der Waals surface area contributed by atoms with E-state index < -0.39 is 17.7 Å². The Balaban J connectivity index is 2.00. The zero-order valence-corrected chi connectivity index (χ0v) is 12.3. The molecule has 3 amide bonds. The average Bonchev–Trinajstić information content (AvgIpc) is 2.72. The number of amides is 3. The first-order valence-corrected chi connectivity index (χ1v) is 6.95. The van der Waals surface area contributed by atoms with Crippen LogP contribution in [-0.2, 0) is 0 Å². The van der Waals surface area contributed by atoms with E-state index >= 15 is 0 Å². The van der Waals surface area contributed by atoms with E-state index in [0.717, 1.165) is 3.57 Å². The largest absolute Gasteiger partial charge is 0.268 e. The van der Waals surface area contributed by atoms with Gasteiger partial charge in [0.25, 0.3) is 17.7 Å². The Morgan fingerprint density at radius 2 is 1.35 bits per heavy atom. The van der Waals surface area contributed by atoms with Gasteiger partial charge in [-0.25, -0.2) is 4.90 Å². The van der Waals surface area contributed by atoms with Crippen LogP contribution in [0.2, 0.25) is 0 Å². The normalized spacial score (nSPS) is 13.6. The van der Waals surface area contributed by atoms with Crippen LogP contribution < -0.4 is 0 Å². The molecule has 2 aromatic rings. The minimum absolute atomic E-state index is 0.274. The van der Waals surface area contributed by atoms with Gasteiger partial charge in [-0.1, -0.05) is 12.1 Å². The summed E-state index contributed by atoms with van der Waals surface area (Å²) >= 11 is 2.12. The standard InChI is InChI=1S/C15H8INO3/c16-10-7-5-9(6-8-10)13(18)17-14(19)11-3-1-2-4-12(11)15(17)20/h1-8H. The van der Waals surface area contributed by atoms with Crippen molar-refractivity contribution in [3.8, 4) is 0 Å². The van der Waals surface area contributed by atoms with Gasteiger partial charge >= 0.3 is 0 Å². The number of halogens is 1. The lowest BCUT2D eigenvalue weighted by Crippen LogP contribution is -2.36. The molecule has 4 nitrogen and oxygen atoms in total. The molecule has 98 valence electrons. The number of hydrogen-bond acceptors (Lipinski definition) is 3. The number of carbonyl (C=O) groups is 3. The van der Waals surface area contributed by atoms with Crippen LogP contribution in [-0.4, -0.2) is 22.6 Å². The lowest BCUT2D eigenvalue weighted by Gasteiger charge is -2.11. The fourth-order valence-corrected chi connectivity index (χ4v) is 2.45. The maximum atomic E-state index is 12.3. The molecule has 0 fully saturated rings. The molecule has 0 spiro atoms. The zero-order valence-electron chi connectivity index (χ0n) is 10.2. The molecule has 0 saturated carbocycles. The van der Waals surface area contributed by atoms with E-state index in [1.807, 2.05) is 0 Å². The first kappa shape index (κ1) is 13.0. The predicted molar refractivity (Wildman–Crippen MR) is 80.4 cm³/mol. The molecule has 0 atom stereocenters. The smallest absolute Gasteiger partial charge is 0.268 e. The third kappa shape index (κ3) is 1.94. The second-order valence-electron chi connectivity index (χ2n) is 4.30. The van der Waals surface area contributed by atoms with Crippen LogP contribution in [0.1, 0.15) is 31.1 Å². The van der Waals surface area contributed by atoms with Gasteiger partial charge < -0.3 is 0 Å². The quantitative estimate of drug-likeness (QED) is 0.567. The predicted octanol–water partition coefficient (Wildman–Crippen LogP) is 2.73. The van der Waals surface area contributed by atoms with Gasteiger partial charge in [-0.05, 0) is 59.0 Å².